The van der Waals surface area contributed by atoms with Crippen LogP contribution in [0.4, 0.5) is 0 Å². The van der Waals surface area contributed by atoms with Crippen LogP contribution >= 0.6 is 0 Å². The van der Waals surface area contributed by atoms with Crippen LogP contribution in [-0.4, -0.2) is 27.3 Å². The summed E-state index contributed by atoms with van der Waals surface area (Å²) in [5, 5.41) is 12.2. The molecule has 0 bridgehead atoms. The highest BCUT2D eigenvalue weighted by Crippen LogP contribution is 2.37. The maximum atomic E-state index is 6.61. The van der Waals surface area contributed by atoms with Gasteiger partial charge >= 0.3 is 0 Å². The standard InChI is InChI=1S/C15H21N5O/c1-11-7-9-15(16,10-8-11)14-17-18-19-20(14)12-5-3-4-6-13(12)21-2/h3-6,11H,7-10,16H2,1-2H3. The molecule has 2 aromatic rings. The predicted molar refractivity (Wildman–Crippen MR) is 79.2 cm³/mol. The van der Waals surface area contributed by atoms with Crippen LogP contribution in [0.3, 0.4) is 0 Å². The summed E-state index contributed by atoms with van der Waals surface area (Å²) in [6.07, 6.45) is 4.03. The lowest BCUT2D eigenvalue weighted by atomic mass is 9.77. The number of hydrogen-bond donors (Lipinski definition) is 1. The molecule has 21 heavy (non-hydrogen) atoms. The summed E-state index contributed by atoms with van der Waals surface area (Å²) in [6.45, 7) is 2.27. The molecule has 0 unspecified atom stereocenters. The minimum absolute atomic E-state index is 0.461. The summed E-state index contributed by atoms with van der Waals surface area (Å²) in [5.41, 5.74) is 6.97. The maximum absolute atomic E-state index is 6.61. The summed E-state index contributed by atoms with van der Waals surface area (Å²) < 4.78 is 7.12. The molecule has 6 heteroatoms. The zero-order valence-electron chi connectivity index (χ0n) is 12.5. The first-order valence-corrected chi connectivity index (χ1v) is 7.35. The molecule has 2 N–H and O–H groups in total. The van der Waals surface area contributed by atoms with E-state index in [1.54, 1.807) is 11.8 Å². The fourth-order valence-corrected chi connectivity index (χ4v) is 2.97. The Hall–Kier alpha value is -1.95. The topological polar surface area (TPSA) is 78.8 Å². The van der Waals surface area contributed by atoms with E-state index in [1.807, 2.05) is 24.3 Å². The van der Waals surface area contributed by atoms with E-state index < -0.39 is 5.54 Å². The van der Waals surface area contributed by atoms with E-state index in [-0.39, 0.29) is 0 Å². The predicted octanol–water partition coefficient (Wildman–Crippen LogP) is 2.03. The Labute approximate surface area is 124 Å². The van der Waals surface area contributed by atoms with Crippen molar-refractivity contribution < 1.29 is 4.74 Å². The number of rotatable bonds is 3. The fourth-order valence-electron chi connectivity index (χ4n) is 2.97. The lowest BCUT2D eigenvalue weighted by molar-refractivity contribution is 0.233. The average Bonchev–Trinajstić information content (AvgIpc) is 3.00. The summed E-state index contributed by atoms with van der Waals surface area (Å²) in [7, 11) is 1.64. The molecule has 6 nitrogen and oxygen atoms in total. The molecule has 1 saturated carbocycles. The number of para-hydroxylation sites is 2. The molecule has 1 fully saturated rings. The quantitative estimate of drug-likeness (QED) is 0.934. The Kier molecular flexibility index (Phi) is 3.63. The number of nitrogens with zero attached hydrogens (tertiary/aromatic N) is 4. The second kappa shape index (κ2) is 5.44. The second-order valence-electron chi connectivity index (χ2n) is 5.92. The Morgan fingerprint density at radius 3 is 2.71 bits per heavy atom. The fraction of sp³-hybridized carbons (Fsp3) is 0.533. The number of tetrazole rings is 1. The molecule has 0 radical (unpaired) electrons. The van der Waals surface area contributed by atoms with E-state index in [0.717, 1.165) is 48.9 Å². The molecular formula is C15H21N5O. The number of benzene rings is 1. The van der Waals surface area contributed by atoms with Crippen LogP contribution in [0.5, 0.6) is 5.75 Å². The first-order valence-electron chi connectivity index (χ1n) is 7.35. The first kappa shape index (κ1) is 14.0. The van der Waals surface area contributed by atoms with Crippen molar-refractivity contribution in [3.63, 3.8) is 0 Å². The van der Waals surface area contributed by atoms with Crippen molar-refractivity contribution in [1.82, 2.24) is 20.2 Å². The molecular weight excluding hydrogens is 266 g/mol. The van der Waals surface area contributed by atoms with E-state index >= 15 is 0 Å². The molecule has 1 heterocycles. The van der Waals surface area contributed by atoms with Gasteiger partial charge in [-0.3, -0.25) is 0 Å². The third-order valence-corrected chi connectivity index (χ3v) is 4.39. The van der Waals surface area contributed by atoms with Gasteiger partial charge in [0.15, 0.2) is 5.82 Å². The maximum Gasteiger partial charge on any atom is 0.176 e. The molecule has 1 aromatic heterocycles. The zero-order chi connectivity index (χ0) is 14.9. The van der Waals surface area contributed by atoms with E-state index in [0.29, 0.717) is 0 Å². The van der Waals surface area contributed by atoms with E-state index in [9.17, 15) is 0 Å². The molecule has 0 spiro atoms. The highest BCUT2D eigenvalue weighted by Gasteiger charge is 2.37. The van der Waals surface area contributed by atoms with Gasteiger partial charge in [-0.05, 0) is 54.2 Å². The smallest absolute Gasteiger partial charge is 0.176 e. The zero-order valence-corrected chi connectivity index (χ0v) is 12.5. The monoisotopic (exact) mass is 287 g/mol. The van der Waals surface area contributed by atoms with E-state index in [4.69, 9.17) is 10.5 Å². The SMILES string of the molecule is COc1ccccc1-n1nnnc1C1(N)CCC(C)CC1. The van der Waals surface area contributed by atoms with Crippen molar-refractivity contribution in [2.24, 2.45) is 11.7 Å². The van der Waals surface area contributed by atoms with Crippen molar-refractivity contribution >= 4 is 0 Å². The Morgan fingerprint density at radius 1 is 1.29 bits per heavy atom. The highest BCUT2D eigenvalue weighted by atomic mass is 16.5. The van der Waals surface area contributed by atoms with E-state index in [2.05, 4.69) is 22.4 Å². The van der Waals surface area contributed by atoms with Crippen molar-refractivity contribution in [2.45, 2.75) is 38.1 Å². The summed E-state index contributed by atoms with van der Waals surface area (Å²) in [6, 6.07) is 7.70. The number of aromatic nitrogens is 4. The molecule has 1 aliphatic rings. The van der Waals surface area contributed by atoms with Gasteiger partial charge in [0.2, 0.25) is 0 Å². The molecule has 0 aliphatic heterocycles. The molecule has 3 rings (SSSR count). The number of ether oxygens (including phenoxy) is 1. The molecule has 1 aliphatic carbocycles. The van der Waals surface area contributed by atoms with Crippen LogP contribution < -0.4 is 10.5 Å². The average molecular weight is 287 g/mol. The van der Waals surface area contributed by atoms with Gasteiger partial charge in [-0.15, -0.1) is 5.10 Å². The summed E-state index contributed by atoms with van der Waals surface area (Å²) in [4.78, 5) is 0. The third kappa shape index (κ3) is 2.51. The van der Waals surface area contributed by atoms with Gasteiger partial charge < -0.3 is 10.5 Å². The van der Waals surface area contributed by atoms with Gasteiger partial charge in [0.1, 0.15) is 11.4 Å². The van der Waals surface area contributed by atoms with Crippen LogP contribution in [-0.2, 0) is 5.54 Å². The van der Waals surface area contributed by atoms with Gasteiger partial charge in [-0.2, -0.15) is 4.68 Å². The van der Waals surface area contributed by atoms with Crippen LogP contribution in [0.25, 0.3) is 5.69 Å². The van der Waals surface area contributed by atoms with Gasteiger partial charge in [0, 0.05) is 0 Å². The summed E-state index contributed by atoms with van der Waals surface area (Å²) in [5.74, 6) is 2.18. The Bertz CT molecular complexity index is 616. The van der Waals surface area contributed by atoms with Gasteiger partial charge in [-0.1, -0.05) is 19.1 Å². The number of hydrogen-bond acceptors (Lipinski definition) is 5. The van der Waals surface area contributed by atoms with Crippen molar-refractivity contribution in [3.05, 3.63) is 30.1 Å². The lowest BCUT2D eigenvalue weighted by Crippen LogP contribution is -2.42. The van der Waals surface area contributed by atoms with Gasteiger partial charge in [-0.25, -0.2) is 0 Å². The molecule has 0 atom stereocenters. The molecule has 0 saturated heterocycles. The largest absolute Gasteiger partial charge is 0.494 e. The van der Waals surface area contributed by atoms with E-state index in [1.165, 1.54) is 0 Å². The van der Waals surface area contributed by atoms with Crippen molar-refractivity contribution in [3.8, 4) is 11.4 Å². The Morgan fingerprint density at radius 2 is 2.00 bits per heavy atom. The van der Waals surface area contributed by atoms with Crippen LogP contribution in [0.2, 0.25) is 0 Å². The second-order valence-corrected chi connectivity index (χ2v) is 5.92. The van der Waals surface area contributed by atoms with Crippen LogP contribution in [0, 0.1) is 5.92 Å². The van der Waals surface area contributed by atoms with Crippen LogP contribution in [0.15, 0.2) is 24.3 Å². The normalized spacial score (nSPS) is 25.8. The molecule has 0 amide bonds. The first-order chi connectivity index (χ1) is 10.1. The Balaban J connectivity index is 2.01. The lowest BCUT2D eigenvalue weighted by Gasteiger charge is -2.34. The van der Waals surface area contributed by atoms with Crippen molar-refractivity contribution in [2.75, 3.05) is 7.11 Å². The highest BCUT2D eigenvalue weighted by molar-refractivity contribution is 5.46. The molecule has 112 valence electrons. The molecule has 1 aromatic carbocycles. The van der Waals surface area contributed by atoms with Gasteiger partial charge in [0.25, 0.3) is 0 Å². The number of methoxy groups -OCH3 is 1. The van der Waals surface area contributed by atoms with Crippen molar-refractivity contribution in [1.29, 1.82) is 0 Å². The minimum Gasteiger partial charge on any atom is -0.494 e. The van der Waals surface area contributed by atoms with Gasteiger partial charge in [0.05, 0.1) is 12.6 Å². The minimum atomic E-state index is -0.461. The third-order valence-electron chi connectivity index (χ3n) is 4.39. The van der Waals surface area contributed by atoms with Crippen LogP contribution in [0.1, 0.15) is 38.4 Å². The number of nitrogens with two attached hydrogens (primary N) is 1. The summed E-state index contributed by atoms with van der Waals surface area (Å²) >= 11 is 0.